The molecule has 1 atom stereocenters. The summed E-state index contributed by atoms with van der Waals surface area (Å²) in [6, 6.07) is 12.6. The van der Waals surface area contributed by atoms with Crippen LogP contribution in [0, 0.1) is 6.92 Å². The summed E-state index contributed by atoms with van der Waals surface area (Å²) in [5.41, 5.74) is 5.79. The molecule has 1 aliphatic heterocycles. The molecule has 1 saturated heterocycles. The van der Waals surface area contributed by atoms with Crippen LogP contribution in [0.4, 0.5) is 5.82 Å². The third-order valence-corrected chi connectivity index (χ3v) is 5.95. The van der Waals surface area contributed by atoms with Crippen LogP contribution in [0.2, 0.25) is 0 Å². The van der Waals surface area contributed by atoms with Crippen molar-refractivity contribution in [2.24, 2.45) is 0 Å². The molecule has 170 valence electrons. The SMILES string of the molecule is Cc1cnc(-c2ccn[nH]2)c2nc(N3CCOC[C@H]3C)cc(-c3cccc(OC(C)C)c3)c12. The molecule has 1 aromatic carbocycles. The summed E-state index contributed by atoms with van der Waals surface area (Å²) in [7, 11) is 0. The molecule has 0 amide bonds. The van der Waals surface area contributed by atoms with Gasteiger partial charge in [0.25, 0.3) is 0 Å². The molecule has 0 saturated carbocycles. The van der Waals surface area contributed by atoms with Crippen LogP contribution in [0.15, 0.2) is 48.8 Å². The molecule has 0 bridgehead atoms. The van der Waals surface area contributed by atoms with Gasteiger partial charge in [0.1, 0.15) is 22.8 Å². The van der Waals surface area contributed by atoms with Gasteiger partial charge in [0.15, 0.2) is 0 Å². The number of benzene rings is 1. The summed E-state index contributed by atoms with van der Waals surface area (Å²) in [6.07, 6.45) is 3.76. The molecule has 0 spiro atoms. The van der Waals surface area contributed by atoms with Gasteiger partial charge in [-0.05, 0) is 68.7 Å². The van der Waals surface area contributed by atoms with E-state index in [-0.39, 0.29) is 12.1 Å². The van der Waals surface area contributed by atoms with E-state index >= 15 is 0 Å². The number of nitrogens with zero attached hydrogens (tertiary/aromatic N) is 4. The molecule has 4 aromatic rings. The first kappa shape index (κ1) is 21.4. The van der Waals surface area contributed by atoms with Crippen molar-refractivity contribution in [1.29, 1.82) is 0 Å². The maximum atomic E-state index is 6.00. The van der Waals surface area contributed by atoms with Crippen LogP contribution in [0.25, 0.3) is 33.4 Å². The fourth-order valence-corrected chi connectivity index (χ4v) is 4.43. The predicted molar refractivity (Wildman–Crippen MR) is 131 cm³/mol. The van der Waals surface area contributed by atoms with E-state index in [0.717, 1.165) is 57.1 Å². The Bertz CT molecular complexity index is 1270. The topological polar surface area (TPSA) is 76.2 Å². The van der Waals surface area contributed by atoms with E-state index in [4.69, 9.17) is 19.4 Å². The minimum absolute atomic E-state index is 0.108. The Kier molecular flexibility index (Phi) is 5.72. The number of fused-ring (bicyclic) bond motifs is 1. The average Bonchev–Trinajstić information content (AvgIpc) is 3.33. The van der Waals surface area contributed by atoms with Gasteiger partial charge in [-0.15, -0.1) is 0 Å². The lowest BCUT2D eigenvalue weighted by Gasteiger charge is -2.34. The molecule has 0 radical (unpaired) electrons. The number of aryl methyl sites for hydroxylation is 1. The summed E-state index contributed by atoms with van der Waals surface area (Å²) in [5.74, 6) is 1.78. The minimum Gasteiger partial charge on any atom is -0.491 e. The van der Waals surface area contributed by atoms with Crippen LogP contribution < -0.4 is 9.64 Å². The van der Waals surface area contributed by atoms with E-state index in [1.807, 2.05) is 38.2 Å². The third-order valence-electron chi connectivity index (χ3n) is 5.95. The molecule has 3 aromatic heterocycles. The monoisotopic (exact) mass is 443 g/mol. The van der Waals surface area contributed by atoms with Crippen molar-refractivity contribution in [3.05, 3.63) is 54.4 Å². The molecule has 1 fully saturated rings. The van der Waals surface area contributed by atoms with Crippen LogP contribution in [0.1, 0.15) is 26.3 Å². The van der Waals surface area contributed by atoms with Crippen LogP contribution in [0.3, 0.4) is 0 Å². The van der Waals surface area contributed by atoms with Crippen LogP contribution >= 0.6 is 0 Å². The molecule has 4 heterocycles. The van der Waals surface area contributed by atoms with Crippen LogP contribution in [-0.4, -0.2) is 52.1 Å². The Balaban J connectivity index is 1.78. The fourth-order valence-electron chi connectivity index (χ4n) is 4.43. The Morgan fingerprint density at radius 3 is 2.85 bits per heavy atom. The van der Waals surface area contributed by atoms with E-state index < -0.39 is 0 Å². The van der Waals surface area contributed by atoms with Gasteiger partial charge < -0.3 is 14.4 Å². The van der Waals surface area contributed by atoms with E-state index in [1.165, 1.54) is 0 Å². The summed E-state index contributed by atoms with van der Waals surface area (Å²) in [6.45, 7) is 10.5. The van der Waals surface area contributed by atoms with Gasteiger partial charge in [0, 0.05) is 24.3 Å². The molecule has 0 unspecified atom stereocenters. The highest BCUT2D eigenvalue weighted by molar-refractivity contribution is 6.03. The molecule has 33 heavy (non-hydrogen) atoms. The Labute approximate surface area is 193 Å². The number of aromatic nitrogens is 4. The predicted octanol–water partition coefficient (Wildman–Crippen LogP) is 5.01. The zero-order chi connectivity index (χ0) is 22.9. The lowest BCUT2D eigenvalue weighted by atomic mass is 9.97. The van der Waals surface area contributed by atoms with E-state index in [1.54, 1.807) is 6.20 Å². The highest BCUT2D eigenvalue weighted by atomic mass is 16.5. The molecular weight excluding hydrogens is 414 g/mol. The molecule has 1 N–H and O–H groups in total. The number of aromatic amines is 1. The lowest BCUT2D eigenvalue weighted by Crippen LogP contribution is -2.44. The second kappa shape index (κ2) is 8.83. The summed E-state index contributed by atoms with van der Waals surface area (Å²) in [5, 5.41) is 8.28. The van der Waals surface area contributed by atoms with Gasteiger partial charge in [-0.1, -0.05) is 12.1 Å². The van der Waals surface area contributed by atoms with Crippen LogP contribution in [0.5, 0.6) is 5.75 Å². The van der Waals surface area contributed by atoms with Gasteiger partial charge in [0.05, 0.1) is 31.1 Å². The van der Waals surface area contributed by atoms with Crippen molar-refractivity contribution in [2.75, 3.05) is 24.7 Å². The van der Waals surface area contributed by atoms with E-state index in [2.05, 4.69) is 47.1 Å². The normalized spacial score (nSPS) is 16.5. The first-order valence-electron chi connectivity index (χ1n) is 11.4. The second-order valence-electron chi connectivity index (χ2n) is 8.82. The fraction of sp³-hybridized carbons (Fsp3) is 0.346. The minimum atomic E-state index is 0.108. The average molecular weight is 444 g/mol. The zero-order valence-electron chi connectivity index (χ0n) is 19.5. The van der Waals surface area contributed by atoms with Crippen molar-refractivity contribution >= 4 is 16.7 Å². The number of H-pyrrole nitrogens is 1. The molecule has 1 aliphatic rings. The first-order valence-corrected chi connectivity index (χ1v) is 11.4. The van der Waals surface area contributed by atoms with Gasteiger partial charge in [-0.3, -0.25) is 10.1 Å². The van der Waals surface area contributed by atoms with Crippen molar-refractivity contribution in [1.82, 2.24) is 20.2 Å². The number of morpholine rings is 1. The Hall–Kier alpha value is -3.45. The summed E-state index contributed by atoms with van der Waals surface area (Å²) in [4.78, 5) is 12.2. The second-order valence-corrected chi connectivity index (χ2v) is 8.82. The Morgan fingerprint density at radius 2 is 2.09 bits per heavy atom. The highest BCUT2D eigenvalue weighted by Crippen LogP contribution is 2.38. The van der Waals surface area contributed by atoms with E-state index in [9.17, 15) is 0 Å². The number of hydrogen-bond donors (Lipinski definition) is 1. The molecule has 7 heteroatoms. The zero-order valence-corrected chi connectivity index (χ0v) is 19.5. The van der Waals surface area contributed by atoms with Crippen molar-refractivity contribution in [3.63, 3.8) is 0 Å². The number of pyridine rings is 2. The van der Waals surface area contributed by atoms with Gasteiger partial charge in [-0.25, -0.2) is 4.98 Å². The molecule has 0 aliphatic carbocycles. The molecule has 5 rings (SSSR count). The maximum absolute atomic E-state index is 6.00. The smallest absolute Gasteiger partial charge is 0.130 e. The van der Waals surface area contributed by atoms with Gasteiger partial charge in [-0.2, -0.15) is 5.10 Å². The van der Waals surface area contributed by atoms with Crippen LogP contribution in [-0.2, 0) is 4.74 Å². The number of hydrogen-bond acceptors (Lipinski definition) is 6. The largest absolute Gasteiger partial charge is 0.491 e. The number of ether oxygens (including phenoxy) is 2. The third kappa shape index (κ3) is 4.16. The standard InChI is InChI=1S/C26H29N5O2/c1-16(2)33-20-7-5-6-19(12-20)21-13-23(31-10-11-32-15-18(31)4)29-26-24(21)17(3)14-27-25(26)22-8-9-28-30-22/h5-9,12-14,16,18H,10-11,15H2,1-4H3,(H,28,30)/t18-/m1/s1. The maximum Gasteiger partial charge on any atom is 0.130 e. The number of nitrogens with one attached hydrogen (secondary N) is 1. The van der Waals surface area contributed by atoms with Crippen molar-refractivity contribution in [2.45, 2.75) is 39.8 Å². The Morgan fingerprint density at radius 1 is 1.21 bits per heavy atom. The van der Waals surface area contributed by atoms with Crippen molar-refractivity contribution < 1.29 is 9.47 Å². The van der Waals surface area contributed by atoms with Gasteiger partial charge >= 0.3 is 0 Å². The quantitative estimate of drug-likeness (QED) is 0.467. The highest BCUT2D eigenvalue weighted by Gasteiger charge is 2.24. The molecule has 7 nitrogen and oxygen atoms in total. The molecular formula is C26H29N5O2. The number of rotatable bonds is 5. The first-order chi connectivity index (χ1) is 16.0. The lowest BCUT2D eigenvalue weighted by molar-refractivity contribution is 0.0986. The van der Waals surface area contributed by atoms with Crippen molar-refractivity contribution in [3.8, 4) is 28.3 Å². The van der Waals surface area contributed by atoms with Gasteiger partial charge in [0.2, 0.25) is 0 Å². The van der Waals surface area contributed by atoms with E-state index in [0.29, 0.717) is 13.2 Å². The summed E-state index contributed by atoms with van der Waals surface area (Å²) < 4.78 is 11.7. The summed E-state index contributed by atoms with van der Waals surface area (Å²) >= 11 is 0. The number of anilines is 1.